The number of carbonyl (C=O) groups excluding carboxylic acids is 2. The van der Waals surface area contributed by atoms with E-state index < -0.39 is 0 Å². The summed E-state index contributed by atoms with van der Waals surface area (Å²) in [5, 5.41) is 1.02. The molecule has 2 amide bonds. The Morgan fingerprint density at radius 2 is 2.24 bits per heavy atom. The third kappa shape index (κ3) is 4.13. The van der Waals surface area contributed by atoms with E-state index in [0.717, 1.165) is 54.6 Å². The van der Waals surface area contributed by atoms with Crippen LogP contribution in [-0.4, -0.2) is 41.9 Å². The highest BCUT2D eigenvalue weighted by molar-refractivity contribution is 5.89. The van der Waals surface area contributed by atoms with Gasteiger partial charge in [-0.05, 0) is 48.9 Å². The molecule has 6 heteroatoms. The van der Waals surface area contributed by atoms with Gasteiger partial charge in [0.15, 0.2) is 0 Å². The lowest BCUT2D eigenvalue weighted by Crippen LogP contribution is -2.40. The Labute approximate surface area is 147 Å². The normalized spacial score (nSPS) is 17.6. The zero-order valence-electron chi connectivity index (χ0n) is 14.6. The molecule has 3 N–H and O–H groups in total. The average Bonchev–Trinajstić information content (AvgIpc) is 3.02. The molecular formula is C19H25N3O3. The molecule has 2 heterocycles. The van der Waals surface area contributed by atoms with Gasteiger partial charge in [0.25, 0.3) is 0 Å². The summed E-state index contributed by atoms with van der Waals surface area (Å²) in [6.07, 6.45) is 5.47. The molecule has 0 radical (unpaired) electrons. The first kappa shape index (κ1) is 17.3. The Morgan fingerprint density at radius 1 is 1.40 bits per heavy atom. The van der Waals surface area contributed by atoms with E-state index in [1.165, 1.54) is 0 Å². The van der Waals surface area contributed by atoms with E-state index in [4.69, 9.17) is 10.5 Å². The molecule has 1 aliphatic heterocycles. The number of amides is 2. The zero-order valence-corrected chi connectivity index (χ0v) is 14.6. The molecule has 0 saturated carbocycles. The van der Waals surface area contributed by atoms with Crippen LogP contribution in [0.1, 0.15) is 31.2 Å². The number of fused-ring (bicyclic) bond motifs is 1. The third-order valence-electron chi connectivity index (χ3n) is 4.99. The predicted octanol–water partition coefficient (Wildman–Crippen LogP) is 2.22. The van der Waals surface area contributed by atoms with Crippen LogP contribution in [0.15, 0.2) is 24.4 Å². The Kier molecular flexibility index (Phi) is 5.26. The lowest BCUT2D eigenvalue weighted by atomic mass is 9.93. The van der Waals surface area contributed by atoms with Gasteiger partial charge in [0.1, 0.15) is 5.75 Å². The van der Waals surface area contributed by atoms with Crippen molar-refractivity contribution in [3.63, 3.8) is 0 Å². The molecule has 0 bridgehead atoms. The van der Waals surface area contributed by atoms with Crippen LogP contribution < -0.4 is 10.5 Å². The summed E-state index contributed by atoms with van der Waals surface area (Å²) in [5.74, 6) is 1.02. The van der Waals surface area contributed by atoms with Gasteiger partial charge in [-0.15, -0.1) is 0 Å². The maximum atomic E-state index is 12.7. The van der Waals surface area contributed by atoms with E-state index in [2.05, 4.69) is 4.98 Å². The van der Waals surface area contributed by atoms with Crippen LogP contribution in [0.25, 0.3) is 10.9 Å². The van der Waals surface area contributed by atoms with Crippen LogP contribution in [0, 0.1) is 5.92 Å². The first-order valence-electron chi connectivity index (χ1n) is 8.77. The van der Waals surface area contributed by atoms with E-state index in [0.29, 0.717) is 18.8 Å². The molecule has 1 unspecified atom stereocenters. The van der Waals surface area contributed by atoms with Crippen LogP contribution in [0.4, 0.5) is 0 Å². The summed E-state index contributed by atoms with van der Waals surface area (Å²) >= 11 is 0. The van der Waals surface area contributed by atoms with E-state index in [1.54, 1.807) is 7.11 Å². The second kappa shape index (κ2) is 7.59. The molecule has 1 aromatic carbocycles. The molecule has 1 aromatic heterocycles. The minimum atomic E-state index is -0.267. The molecule has 1 aliphatic rings. The molecule has 3 rings (SSSR count). The molecule has 6 nitrogen and oxygen atoms in total. The second-order valence-electron chi connectivity index (χ2n) is 6.76. The highest BCUT2D eigenvalue weighted by Crippen LogP contribution is 2.26. The Balaban J connectivity index is 1.66. The van der Waals surface area contributed by atoms with Crippen molar-refractivity contribution in [2.75, 3.05) is 20.2 Å². The highest BCUT2D eigenvalue weighted by atomic mass is 16.5. The number of likely N-dealkylation sites (tertiary alicyclic amines) is 1. The number of aromatic amines is 1. The topological polar surface area (TPSA) is 88.4 Å². The van der Waals surface area contributed by atoms with Gasteiger partial charge in [-0.2, -0.15) is 0 Å². The average molecular weight is 343 g/mol. The third-order valence-corrected chi connectivity index (χ3v) is 4.99. The van der Waals surface area contributed by atoms with E-state index >= 15 is 0 Å². The molecule has 1 atom stereocenters. The first-order chi connectivity index (χ1) is 12.1. The van der Waals surface area contributed by atoms with Crippen molar-refractivity contribution in [2.45, 2.75) is 32.1 Å². The number of benzene rings is 1. The Morgan fingerprint density at radius 3 is 3.00 bits per heavy atom. The first-order valence-corrected chi connectivity index (χ1v) is 8.77. The van der Waals surface area contributed by atoms with Gasteiger partial charge >= 0.3 is 0 Å². The van der Waals surface area contributed by atoms with Gasteiger partial charge in [-0.25, -0.2) is 0 Å². The van der Waals surface area contributed by atoms with Gasteiger partial charge in [0, 0.05) is 36.6 Å². The fourth-order valence-corrected chi connectivity index (χ4v) is 3.58. The number of nitrogens with two attached hydrogens (primary N) is 1. The van der Waals surface area contributed by atoms with E-state index in [-0.39, 0.29) is 11.8 Å². The minimum absolute atomic E-state index is 0.132. The Hall–Kier alpha value is -2.50. The van der Waals surface area contributed by atoms with Crippen LogP contribution >= 0.6 is 0 Å². The lowest BCUT2D eigenvalue weighted by molar-refractivity contribution is -0.132. The summed E-state index contributed by atoms with van der Waals surface area (Å²) in [5.41, 5.74) is 7.22. The number of methoxy groups -OCH3 is 1. The van der Waals surface area contributed by atoms with Crippen molar-refractivity contribution in [1.29, 1.82) is 0 Å². The number of nitrogens with one attached hydrogen (secondary N) is 1. The van der Waals surface area contributed by atoms with Crippen LogP contribution in [0.5, 0.6) is 5.75 Å². The minimum Gasteiger partial charge on any atom is -0.497 e. The van der Waals surface area contributed by atoms with Crippen LogP contribution in [-0.2, 0) is 16.0 Å². The monoisotopic (exact) mass is 343 g/mol. The largest absolute Gasteiger partial charge is 0.497 e. The van der Waals surface area contributed by atoms with Gasteiger partial charge < -0.3 is 20.4 Å². The van der Waals surface area contributed by atoms with Crippen molar-refractivity contribution in [3.8, 4) is 5.75 Å². The number of aromatic nitrogens is 1. The molecule has 2 aromatic rings. The summed E-state index contributed by atoms with van der Waals surface area (Å²) in [4.78, 5) is 28.8. The fraction of sp³-hybridized carbons (Fsp3) is 0.474. The highest BCUT2D eigenvalue weighted by Gasteiger charge is 2.24. The zero-order chi connectivity index (χ0) is 17.8. The smallest absolute Gasteiger partial charge is 0.227 e. The number of primary amides is 1. The second-order valence-corrected chi connectivity index (χ2v) is 6.76. The van der Waals surface area contributed by atoms with E-state index in [9.17, 15) is 9.59 Å². The van der Waals surface area contributed by atoms with Gasteiger partial charge in [0.05, 0.1) is 13.5 Å². The van der Waals surface area contributed by atoms with Gasteiger partial charge in [0.2, 0.25) is 11.8 Å². The number of piperidine rings is 1. The summed E-state index contributed by atoms with van der Waals surface area (Å²) < 4.78 is 5.28. The number of hydrogen-bond acceptors (Lipinski definition) is 3. The molecule has 0 spiro atoms. The predicted molar refractivity (Wildman–Crippen MR) is 96.3 cm³/mol. The summed E-state index contributed by atoms with van der Waals surface area (Å²) in [6, 6.07) is 5.82. The van der Waals surface area contributed by atoms with Gasteiger partial charge in [-0.3, -0.25) is 9.59 Å². The number of nitrogens with zero attached hydrogens (tertiary/aromatic N) is 1. The number of H-pyrrole nitrogens is 1. The van der Waals surface area contributed by atoms with Crippen LogP contribution in [0.2, 0.25) is 0 Å². The van der Waals surface area contributed by atoms with Crippen molar-refractivity contribution < 1.29 is 14.3 Å². The molecule has 1 saturated heterocycles. The van der Waals surface area contributed by atoms with Crippen molar-refractivity contribution in [1.82, 2.24) is 9.88 Å². The number of carbonyl (C=O) groups is 2. The number of rotatable bonds is 6. The van der Waals surface area contributed by atoms with Gasteiger partial charge in [-0.1, -0.05) is 0 Å². The van der Waals surface area contributed by atoms with E-state index in [1.807, 2.05) is 29.3 Å². The van der Waals surface area contributed by atoms with Crippen molar-refractivity contribution in [2.24, 2.45) is 11.7 Å². The van der Waals surface area contributed by atoms with Crippen molar-refractivity contribution in [3.05, 3.63) is 30.0 Å². The molecule has 25 heavy (non-hydrogen) atoms. The SMILES string of the molecule is COc1ccc2[nH]cc(CC(=O)N3CCCC(CCC(N)=O)C3)c2c1. The quantitative estimate of drug-likeness (QED) is 0.843. The number of hydrogen-bond donors (Lipinski definition) is 2. The fourth-order valence-electron chi connectivity index (χ4n) is 3.58. The molecule has 0 aliphatic carbocycles. The lowest BCUT2D eigenvalue weighted by Gasteiger charge is -2.32. The van der Waals surface area contributed by atoms with Crippen molar-refractivity contribution >= 4 is 22.7 Å². The Bertz CT molecular complexity index is 768. The molecule has 1 fully saturated rings. The number of ether oxygens (including phenoxy) is 1. The molecular weight excluding hydrogens is 318 g/mol. The summed E-state index contributed by atoms with van der Waals surface area (Å²) in [6.45, 7) is 1.51. The maximum absolute atomic E-state index is 12.7. The maximum Gasteiger partial charge on any atom is 0.227 e. The molecule has 134 valence electrons. The standard InChI is InChI=1S/C19H25N3O3/c1-25-15-5-6-17-16(10-15)14(11-21-17)9-19(24)22-8-2-3-13(12-22)4-7-18(20)23/h5-6,10-11,13,21H,2-4,7-9,12H2,1H3,(H2,20,23). The summed E-state index contributed by atoms with van der Waals surface area (Å²) in [7, 11) is 1.64. The van der Waals surface area contributed by atoms with Crippen LogP contribution in [0.3, 0.4) is 0 Å².